The van der Waals surface area contributed by atoms with Crippen LogP contribution in [0.3, 0.4) is 0 Å². The molecule has 3 N–H and O–H groups in total. The molecule has 0 radical (unpaired) electrons. The first-order valence-corrected chi connectivity index (χ1v) is 7.69. The van der Waals surface area contributed by atoms with Crippen LogP contribution in [0.2, 0.25) is 0 Å². The van der Waals surface area contributed by atoms with Crippen LogP contribution in [0.4, 0.5) is 11.6 Å². The molecule has 1 unspecified atom stereocenters. The summed E-state index contributed by atoms with van der Waals surface area (Å²) in [7, 11) is 0. The fourth-order valence-corrected chi connectivity index (χ4v) is 3.05. The van der Waals surface area contributed by atoms with E-state index in [1.807, 2.05) is 6.92 Å². The van der Waals surface area contributed by atoms with E-state index in [-0.39, 0.29) is 6.61 Å². The molecule has 1 saturated heterocycles. The zero-order chi connectivity index (χ0) is 14.1. The Hall–Kier alpha value is -1.36. The van der Waals surface area contributed by atoms with Gasteiger partial charge in [-0.25, -0.2) is 9.97 Å². The van der Waals surface area contributed by atoms with Gasteiger partial charge in [-0.3, -0.25) is 0 Å². The molecule has 5 nitrogen and oxygen atoms in total. The summed E-state index contributed by atoms with van der Waals surface area (Å²) in [4.78, 5) is 11.6. The van der Waals surface area contributed by atoms with Gasteiger partial charge in [-0.2, -0.15) is 0 Å². The fourth-order valence-electron chi connectivity index (χ4n) is 3.05. The summed E-state index contributed by atoms with van der Waals surface area (Å²) in [5.41, 5.74) is 7.07. The van der Waals surface area contributed by atoms with Crippen LogP contribution in [0.25, 0.3) is 0 Å². The van der Waals surface area contributed by atoms with Gasteiger partial charge in [0.1, 0.15) is 17.5 Å². The molecule has 1 saturated carbocycles. The Labute approximate surface area is 120 Å². The normalized spacial score (nSPS) is 23.1. The first kappa shape index (κ1) is 13.6. The van der Waals surface area contributed by atoms with Gasteiger partial charge in [0.2, 0.25) is 0 Å². The molecule has 0 amide bonds. The second kappa shape index (κ2) is 5.56. The molecule has 3 rings (SSSR count). The number of nitrogen functional groups attached to an aromatic ring is 1. The van der Waals surface area contributed by atoms with Crippen molar-refractivity contribution < 1.29 is 5.11 Å². The Kier molecular flexibility index (Phi) is 3.78. The third kappa shape index (κ3) is 2.73. The molecule has 0 bridgehead atoms. The maximum atomic E-state index is 9.14. The minimum Gasteiger partial charge on any atom is -0.396 e. The topological polar surface area (TPSA) is 75.3 Å². The van der Waals surface area contributed by atoms with Crippen molar-refractivity contribution in [1.82, 2.24) is 9.97 Å². The highest BCUT2D eigenvalue weighted by Gasteiger charge is 2.29. The minimum absolute atomic E-state index is 0.275. The van der Waals surface area contributed by atoms with E-state index >= 15 is 0 Å². The van der Waals surface area contributed by atoms with Crippen molar-refractivity contribution in [3.63, 3.8) is 0 Å². The van der Waals surface area contributed by atoms with Crippen LogP contribution >= 0.6 is 0 Å². The van der Waals surface area contributed by atoms with Gasteiger partial charge >= 0.3 is 0 Å². The number of aliphatic hydroxyl groups excluding tert-OH is 1. The molecule has 0 aromatic carbocycles. The SMILES string of the molecule is Cc1c(N)nc(C2CC2)nc1N1CCCC(CCO)C1. The summed E-state index contributed by atoms with van der Waals surface area (Å²) in [5.74, 6) is 3.65. The highest BCUT2D eigenvalue weighted by Crippen LogP contribution is 2.40. The number of nitrogens with two attached hydrogens (primary N) is 1. The summed E-state index contributed by atoms with van der Waals surface area (Å²) in [6.45, 7) is 4.29. The molecular weight excluding hydrogens is 252 g/mol. The van der Waals surface area contributed by atoms with E-state index in [4.69, 9.17) is 15.8 Å². The van der Waals surface area contributed by atoms with Crippen LogP contribution in [0, 0.1) is 12.8 Å². The van der Waals surface area contributed by atoms with E-state index in [9.17, 15) is 0 Å². The first-order valence-electron chi connectivity index (χ1n) is 7.69. The predicted octanol–water partition coefficient (Wildman–Crippen LogP) is 1.84. The lowest BCUT2D eigenvalue weighted by molar-refractivity contribution is 0.244. The number of nitrogens with zero attached hydrogens (tertiary/aromatic N) is 3. The van der Waals surface area contributed by atoms with Crippen molar-refractivity contribution in [2.75, 3.05) is 30.3 Å². The van der Waals surface area contributed by atoms with Crippen molar-refractivity contribution >= 4 is 11.6 Å². The Balaban J connectivity index is 1.84. The number of hydrogen-bond donors (Lipinski definition) is 2. The third-order valence-electron chi connectivity index (χ3n) is 4.47. The average molecular weight is 276 g/mol. The fraction of sp³-hybridized carbons (Fsp3) is 0.733. The van der Waals surface area contributed by atoms with Gasteiger partial charge in [-0.05, 0) is 44.9 Å². The zero-order valence-corrected chi connectivity index (χ0v) is 12.2. The lowest BCUT2D eigenvalue weighted by atomic mass is 9.95. The van der Waals surface area contributed by atoms with Crippen LogP contribution in [0.15, 0.2) is 0 Å². The average Bonchev–Trinajstić information content (AvgIpc) is 3.27. The Morgan fingerprint density at radius 3 is 2.80 bits per heavy atom. The summed E-state index contributed by atoms with van der Waals surface area (Å²) >= 11 is 0. The predicted molar refractivity (Wildman–Crippen MR) is 79.8 cm³/mol. The first-order chi connectivity index (χ1) is 9.69. The van der Waals surface area contributed by atoms with Crippen LogP contribution in [0.1, 0.15) is 49.4 Å². The van der Waals surface area contributed by atoms with Crippen molar-refractivity contribution in [2.24, 2.45) is 5.92 Å². The minimum atomic E-state index is 0.275. The number of rotatable bonds is 4. The van der Waals surface area contributed by atoms with Gasteiger partial charge in [-0.1, -0.05) is 0 Å². The quantitative estimate of drug-likeness (QED) is 0.877. The second-order valence-electron chi connectivity index (χ2n) is 6.16. The maximum Gasteiger partial charge on any atom is 0.137 e. The highest BCUT2D eigenvalue weighted by atomic mass is 16.3. The van der Waals surface area contributed by atoms with Gasteiger partial charge in [0.15, 0.2) is 0 Å². The molecule has 2 heterocycles. The molecule has 1 aliphatic carbocycles. The number of anilines is 2. The highest BCUT2D eigenvalue weighted by molar-refractivity contribution is 5.57. The summed E-state index contributed by atoms with van der Waals surface area (Å²) in [6.07, 6.45) is 5.62. The van der Waals surface area contributed by atoms with Crippen molar-refractivity contribution in [2.45, 2.75) is 44.9 Å². The van der Waals surface area contributed by atoms with Crippen molar-refractivity contribution in [3.05, 3.63) is 11.4 Å². The van der Waals surface area contributed by atoms with Gasteiger partial charge in [0, 0.05) is 31.2 Å². The molecular formula is C15H24N4O. The van der Waals surface area contributed by atoms with E-state index < -0.39 is 0 Å². The molecule has 1 aromatic heterocycles. The molecule has 1 aromatic rings. The van der Waals surface area contributed by atoms with Crippen LogP contribution < -0.4 is 10.6 Å². The number of piperidine rings is 1. The standard InChI is InChI=1S/C15H24N4O/c1-10-13(16)17-14(12-4-5-12)18-15(10)19-7-2-3-11(9-19)6-8-20/h11-12,20H,2-9H2,1H3,(H2,16,17,18). The maximum absolute atomic E-state index is 9.14. The molecule has 1 aliphatic heterocycles. The van der Waals surface area contributed by atoms with Crippen LogP contribution in [-0.4, -0.2) is 34.8 Å². The molecule has 2 fully saturated rings. The van der Waals surface area contributed by atoms with E-state index in [1.165, 1.54) is 19.3 Å². The van der Waals surface area contributed by atoms with Gasteiger partial charge < -0.3 is 15.7 Å². The van der Waals surface area contributed by atoms with E-state index in [1.54, 1.807) is 0 Å². The van der Waals surface area contributed by atoms with Gasteiger partial charge in [0.25, 0.3) is 0 Å². The smallest absolute Gasteiger partial charge is 0.137 e. The largest absolute Gasteiger partial charge is 0.396 e. The van der Waals surface area contributed by atoms with Gasteiger partial charge in [0.05, 0.1) is 0 Å². The number of hydrogen-bond acceptors (Lipinski definition) is 5. The Morgan fingerprint density at radius 2 is 2.10 bits per heavy atom. The molecule has 110 valence electrons. The molecule has 2 aliphatic rings. The van der Waals surface area contributed by atoms with E-state index in [0.29, 0.717) is 17.7 Å². The lowest BCUT2D eigenvalue weighted by Crippen LogP contribution is -2.37. The molecule has 1 atom stereocenters. The second-order valence-corrected chi connectivity index (χ2v) is 6.16. The lowest BCUT2D eigenvalue weighted by Gasteiger charge is -2.34. The summed E-state index contributed by atoms with van der Waals surface area (Å²) < 4.78 is 0. The monoisotopic (exact) mass is 276 g/mol. The van der Waals surface area contributed by atoms with Gasteiger partial charge in [-0.15, -0.1) is 0 Å². The van der Waals surface area contributed by atoms with Crippen LogP contribution in [0.5, 0.6) is 0 Å². The van der Waals surface area contributed by atoms with E-state index in [0.717, 1.165) is 43.1 Å². The van der Waals surface area contributed by atoms with Crippen molar-refractivity contribution in [1.29, 1.82) is 0 Å². The third-order valence-corrected chi connectivity index (χ3v) is 4.47. The molecule has 0 spiro atoms. The van der Waals surface area contributed by atoms with E-state index in [2.05, 4.69) is 9.88 Å². The number of aromatic nitrogens is 2. The Bertz CT molecular complexity index is 485. The molecule has 5 heteroatoms. The number of aliphatic hydroxyl groups is 1. The van der Waals surface area contributed by atoms with Crippen LogP contribution in [-0.2, 0) is 0 Å². The summed E-state index contributed by atoms with van der Waals surface area (Å²) in [6, 6.07) is 0. The molecule has 20 heavy (non-hydrogen) atoms. The zero-order valence-electron chi connectivity index (χ0n) is 12.2. The summed E-state index contributed by atoms with van der Waals surface area (Å²) in [5, 5.41) is 9.14. The van der Waals surface area contributed by atoms with Crippen molar-refractivity contribution in [3.8, 4) is 0 Å². The Morgan fingerprint density at radius 1 is 1.30 bits per heavy atom.